The van der Waals surface area contributed by atoms with Crippen molar-refractivity contribution >= 4 is 11.6 Å². The van der Waals surface area contributed by atoms with E-state index in [9.17, 15) is 19.4 Å². The number of rotatable bonds is 4. The van der Waals surface area contributed by atoms with Crippen LogP contribution in [-0.2, 0) is 11.2 Å². The van der Waals surface area contributed by atoms with Crippen molar-refractivity contribution in [1.29, 1.82) is 0 Å². The first-order valence-electron chi connectivity index (χ1n) is 15.1. The normalized spacial score (nSPS) is 43.5. The summed E-state index contributed by atoms with van der Waals surface area (Å²) in [6, 6.07) is 4.78. The molecule has 0 saturated heterocycles. The molecule has 1 heterocycles. The first-order valence-corrected chi connectivity index (χ1v) is 15.1. The molecule has 1 aliphatic heterocycles. The number of aliphatic hydroxyl groups is 2. The molecule has 37 heavy (non-hydrogen) atoms. The van der Waals surface area contributed by atoms with Gasteiger partial charge in [-0.25, -0.2) is 4.39 Å². The van der Waals surface area contributed by atoms with Crippen molar-refractivity contribution in [3.8, 4) is 0 Å². The van der Waals surface area contributed by atoms with Crippen molar-refractivity contribution in [2.24, 2.45) is 46.3 Å². The molecular weight excluding hydrogens is 465 g/mol. The minimum Gasteiger partial charge on any atom is -0.393 e. The summed E-state index contributed by atoms with van der Waals surface area (Å²) >= 11 is 0. The molecule has 204 valence electrons. The van der Waals surface area contributed by atoms with Crippen LogP contribution >= 0.6 is 0 Å². The van der Waals surface area contributed by atoms with Crippen LogP contribution in [-0.4, -0.2) is 34.9 Å². The van der Waals surface area contributed by atoms with Crippen LogP contribution in [0.1, 0.15) is 90.5 Å². The zero-order valence-corrected chi connectivity index (χ0v) is 23.0. The Bertz CT molecular complexity index is 1040. The van der Waals surface area contributed by atoms with Crippen LogP contribution in [0.5, 0.6) is 0 Å². The Kier molecular flexibility index (Phi) is 6.50. The molecule has 0 radical (unpaired) electrons. The summed E-state index contributed by atoms with van der Waals surface area (Å²) in [5.74, 6) is 2.98. The van der Waals surface area contributed by atoms with Gasteiger partial charge in [0, 0.05) is 18.7 Å². The molecule has 5 aliphatic rings. The average Bonchev–Trinajstić information content (AvgIpc) is 3.44. The smallest absolute Gasteiger partial charge is 0.227 e. The molecule has 4 aliphatic carbocycles. The number of amides is 1. The molecule has 1 aromatic rings. The van der Waals surface area contributed by atoms with Gasteiger partial charge in [-0.2, -0.15) is 0 Å². The van der Waals surface area contributed by atoms with Crippen molar-refractivity contribution in [3.05, 3.63) is 29.6 Å². The van der Waals surface area contributed by atoms with E-state index in [1.54, 1.807) is 12.1 Å². The van der Waals surface area contributed by atoms with Gasteiger partial charge in [0.25, 0.3) is 0 Å². The molecule has 5 heteroatoms. The molecule has 4 saturated carbocycles. The molecule has 0 aromatic heterocycles. The van der Waals surface area contributed by atoms with E-state index in [-0.39, 0.29) is 34.8 Å². The van der Waals surface area contributed by atoms with Crippen LogP contribution < -0.4 is 4.90 Å². The lowest BCUT2D eigenvalue weighted by Crippen LogP contribution is -2.58. The lowest BCUT2D eigenvalue weighted by molar-refractivity contribution is -0.174. The van der Waals surface area contributed by atoms with Gasteiger partial charge in [0.05, 0.1) is 12.2 Å². The van der Waals surface area contributed by atoms with Crippen molar-refractivity contribution in [2.75, 3.05) is 11.4 Å². The molecule has 2 N–H and O–H groups in total. The van der Waals surface area contributed by atoms with Crippen molar-refractivity contribution < 1.29 is 19.4 Å². The van der Waals surface area contributed by atoms with Gasteiger partial charge >= 0.3 is 0 Å². The van der Waals surface area contributed by atoms with E-state index in [1.807, 2.05) is 4.90 Å². The van der Waals surface area contributed by atoms with E-state index in [1.165, 1.54) is 31.7 Å². The van der Waals surface area contributed by atoms with Crippen LogP contribution in [0.25, 0.3) is 0 Å². The number of fused-ring (bicyclic) bond motifs is 6. The quantitative estimate of drug-likeness (QED) is 0.512. The summed E-state index contributed by atoms with van der Waals surface area (Å²) in [4.78, 5) is 15.0. The number of carbonyl (C=O) groups is 1. The van der Waals surface area contributed by atoms with Crippen LogP contribution in [0.3, 0.4) is 0 Å². The van der Waals surface area contributed by atoms with Gasteiger partial charge in [0.2, 0.25) is 5.91 Å². The highest BCUT2D eigenvalue weighted by molar-refractivity contribution is 5.95. The molecule has 0 spiro atoms. The Hall–Kier alpha value is -1.46. The van der Waals surface area contributed by atoms with Crippen LogP contribution in [0.4, 0.5) is 10.1 Å². The fraction of sp³-hybridized carbons (Fsp3) is 0.781. The van der Waals surface area contributed by atoms with Gasteiger partial charge in [0.15, 0.2) is 0 Å². The average molecular weight is 512 g/mol. The minimum atomic E-state index is -0.242. The highest BCUT2D eigenvalue weighted by atomic mass is 19.1. The zero-order valence-electron chi connectivity index (χ0n) is 23.0. The molecule has 1 amide bonds. The third-order valence-electron chi connectivity index (χ3n) is 12.5. The number of carbonyl (C=O) groups excluding carboxylic acids is 1. The molecule has 0 unspecified atom stereocenters. The number of anilines is 1. The van der Waals surface area contributed by atoms with Crippen molar-refractivity contribution in [2.45, 2.75) is 104 Å². The Morgan fingerprint density at radius 1 is 1.08 bits per heavy atom. The summed E-state index contributed by atoms with van der Waals surface area (Å²) in [5.41, 5.74) is 2.33. The van der Waals surface area contributed by atoms with Gasteiger partial charge in [-0.3, -0.25) is 4.79 Å². The van der Waals surface area contributed by atoms with E-state index >= 15 is 0 Å². The van der Waals surface area contributed by atoms with Crippen LogP contribution in [0, 0.1) is 52.2 Å². The standard InChI is InChI=1S/C32H46FNO3/c1-19(4-9-29(37)34-15-12-20-16-22(33)5-8-27(20)34)24-6-7-25-30-26(11-14-32(24,25)3)31(2)13-10-23(35)17-21(31)18-28(30)36/h5,8,16,19,21,23-26,28,30,35-36H,4,6-7,9-15,17-18H2,1-3H3/t19-,21+,23-,24-,25+,26+,28+,30+,31+,32-/m1/s1. The molecule has 4 fully saturated rings. The highest BCUT2D eigenvalue weighted by Crippen LogP contribution is 2.68. The van der Waals surface area contributed by atoms with E-state index in [0.717, 1.165) is 49.8 Å². The molecule has 4 nitrogen and oxygen atoms in total. The highest BCUT2D eigenvalue weighted by Gasteiger charge is 2.62. The monoisotopic (exact) mass is 511 g/mol. The first kappa shape index (κ1) is 25.8. The summed E-state index contributed by atoms with van der Waals surface area (Å²) in [6.07, 6.45) is 10.3. The van der Waals surface area contributed by atoms with Crippen molar-refractivity contribution in [3.63, 3.8) is 0 Å². The predicted octanol–water partition coefficient (Wildman–Crippen LogP) is 6.12. The number of hydrogen-bond acceptors (Lipinski definition) is 3. The largest absolute Gasteiger partial charge is 0.393 e. The summed E-state index contributed by atoms with van der Waals surface area (Å²) < 4.78 is 13.6. The van der Waals surface area contributed by atoms with Gasteiger partial charge in [-0.1, -0.05) is 20.8 Å². The number of aliphatic hydroxyl groups excluding tert-OH is 2. The topological polar surface area (TPSA) is 60.8 Å². The van der Waals surface area contributed by atoms with Gasteiger partial charge in [0.1, 0.15) is 5.82 Å². The van der Waals surface area contributed by atoms with Crippen LogP contribution in [0.2, 0.25) is 0 Å². The van der Waals surface area contributed by atoms with Gasteiger partial charge < -0.3 is 15.1 Å². The lowest BCUT2D eigenvalue weighted by atomic mass is 9.43. The Labute approximate surface area is 222 Å². The first-order chi connectivity index (χ1) is 17.6. The SMILES string of the molecule is C[C@H](CCC(=O)N1CCc2cc(F)ccc21)[C@H]1CC[C@H]2[C@@H]3[C@@H](O)C[C@@H]4C[C@H](O)CC[C@]4(C)[C@H]3CC[C@]12C. The number of nitrogens with zero attached hydrogens (tertiary/aromatic N) is 1. The molecule has 0 bridgehead atoms. The Balaban J connectivity index is 1.13. The van der Waals surface area contributed by atoms with Crippen molar-refractivity contribution in [1.82, 2.24) is 0 Å². The van der Waals surface area contributed by atoms with Gasteiger partial charge in [-0.05, 0) is 134 Å². The maximum Gasteiger partial charge on any atom is 0.227 e. The maximum absolute atomic E-state index is 13.6. The predicted molar refractivity (Wildman–Crippen MR) is 143 cm³/mol. The summed E-state index contributed by atoms with van der Waals surface area (Å²) in [6.45, 7) is 7.98. The second-order valence-electron chi connectivity index (χ2n) is 14.0. The summed E-state index contributed by atoms with van der Waals surface area (Å²) in [5, 5.41) is 21.8. The Morgan fingerprint density at radius 2 is 1.84 bits per heavy atom. The molecule has 10 atom stereocenters. The van der Waals surface area contributed by atoms with E-state index < -0.39 is 0 Å². The second-order valence-corrected chi connectivity index (χ2v) is 14.0. The summed E-state index contributed by atoms with van der Waals surface area (Å²) in [7, 11) is 0. The zero-order chi connectivity index (χ0) is 26.1. The number of benzene rings is 1. The minimum absolute atomic E-state index is 0.168. The lowest BCUT2D eigenvalue weighted by Gasteiger charge is -2.62. The van der Waals surface area contributed by atoms with Crippen LogP contribution in [0.15, 0.2) is 18.2 Å². The fourth-order valence-electron chi connectivity index (χ4n) is 10.5. The number of halogens is 1. The second kappa shape index (κ2) is 9.33. The molecule has 1 aromatic carbocycles. The molecule has 6 rings (SSSR count). The third-order valence-corrected chi connectivity index (χ3v) is 12.5. The number of hydrogen-bond donors (Lipinski definition) is 2. The fourth-order valence-corrected chi connectivity index (χ4v) is 10.5. The third kappa shape index (κ3) is 4.09. The van der Waals surface area contributed by atoms with Gasteiger partial charge in [-0.15, -0.1) is 0 Å². The van der Waals surface area contributed by atoms with E-state index in [2.05, 4.69) is 20.8 Å². The molecular formula is C32H46FNO3. The van der Waals surface area contributed by atoms with E-state index in [0.29, 0.717) is 48.5 Å². The maximum atomic E-state index is 13.6. The Morgan fingerprint density at radius 3 is 2.65 bits per heavy atom. The van der Waals surface area contributed by atoms with E-state index in [4.69, 9.17) is 0 Å².